The normalized spacial score (nSPS) is 21.2. The molecule has 0 aromatic heterocycles. The Kier molecular flexibility index (Phi) is 6.83. The molecule has 3 rings (SSSR count). The lowest BCUT2D eigenvalue weighted by molar-refractivity contribution is -0.143. The van der Waals surface area contributed by atoms with E-state index in [0.29, 0.717) is 5.56 Å². The molecule has 2 amide bonds. The van der Waals surface area contributed by atoms with Crippen molar-refractivity contribution in [3.63, 3.8) is 0 Å². The Morgan fingerprint density at radius 1 is 1.06 bits per heavy atom. The molecular weight excluding hydrogens is 427 g/mol. The average molecular weight is 449 g/mol. The van der Waals surface area contributed by atoms with E-state index in [-0.39, 0.29) is 12.3 Å². The van der Waals surface area contributed by atoms with Crippen molar-refractivity contribution in [1.82, 2.24) is 10.2 Å². The summed E-state index contributed by atoms with van der Waals surface area (Å²) in [6.45, 7) is 0.833. The maximum atomic E-state index is 13.2. The summed E-state index contributed by atoms with van der Waals surface area (Å²) in [7, 11) is 0. The van der Waals surface area contributed by atoms with E-state index >= 15 is 0 Å². The lowest BCUT2D eigenvalue weighted by atomic mass is 9.99. The number of halogens is 3. The maximum absolute atomic E-state index is 13.2. The van der Waals surface area contributed by atoms with Crippen LogP contribution in [-0.2, 0) is 20.6 Å². The first-order valence-electron chi connectivity index (χ1n) is 9.84. The van der Waals surface area contributed by atoms with E-state index in [1.165, 1.54) is 24.0 Å². The molecule has 3 N–H and O–H groups in total. The summed E-state index contributed by atoms with van der Waals surface area (Å²) in [5, 5.41) is 14.7. The Balaban J connectivity index is 1.90. The Labute approximate surface area is 182 Å². The molecule has 0 saturated carbocycles. The number of nitrogens with one attached hydrogen (secondary N) is 2. The highest BCUT2D eigenvalue weighted by Crippen LogP contribution is 2.37. The van der Waals surface area contributed by atoms with Crippen LogP contribution in [0, 0.1) is 0 Å². The number of carbonyl (C=O) groups is 3. The van der Waals surface area contributed by atoms with Crippen molar-refractivity contribution in [1.29, 1.82) is 0 Å². The van der Waals surface area contributed by atoms with Gasteiger partial charge in [0.25, 0.3) is 0 Å². The molecule has 7 nitrogen and oxygen atoms in total. The van der Waals surface area contributed by atoms with Crippen LogP contribution in [-0.4, -0.2) is 46.4 Å². The summed E-state index contributed by atoms with van der Waals surface area (Å²) in [5.74, 6) is -2.34. The summed E-state index contributed by atoms with van der Waals surface area (Å²) < 4.78 is 39.7. The second-order valence-corrected chi connectivity index (χ2v) is 7.52. The van der Waals surface area contributed by atoms with Crippen molar-refractivity contribution in [2.24, 2.45) is 0 Å². The summed E-state index contributed by atoms with van der Waals surface area (Å²) in [5.41, 5.74) is -0.732. The fraction of sp³-hybridized carbons (Fsp3) is 0.318. The Morgan fingerprint density at radius 2 is 1.69 bits per heavy atom. The lowest BCUT2D eigenvalue weighted by Gasteiger charge is -2.30. The van der Waals surface area contributed by atoms with Crippen LogP contribution < -0.4 is 10.6 Å². The zero-order valence-corrected chi connectivity index (χ0v) is 17.1. The molecule has 1 fully saturated rings. The van der Waals surface area contributed by atoms with E-state index in [2.05, 4.69) is 10.6 Å². The third-order valence-corrected chi connectivity index (χ3v) is 5.26. The second-order valence-electron chi connectivity index (χ2n) is 7.52. The molecule has 1 aliphatic rings. The van der Waals surface area contributed by atoms with E-state index in [9.17, 15) is 32.7 Å². The molecule has 1 aliphatic heterocycles. The number of nitrogens with zero attached hydrogens (tertiary/aromatic N) is 1. The number of anilines is 1. The fourth-order valence-electron chi connectivity index (χ4n) is 4.05. The standard InChI is InChI=1S/C22H22F3N3O4/c1-13(29)26-17-11-18(21(31)32)28(20(17)14-7-3-2-4-8-14)12-19(30)27-16-10-6-5-9-15(16)22(23,24)25/h2-10,17-18,20H,11-12H2,1H3,(H,26,29)(H,27,30)(H,31,32)/t17-,18-,20-/m0/s1. The molecule has 0 unspecified atom stereocenters. The quantitative estimate of drug-likeness (QED) is 0.630. The average Bonchev–Trinajstić information content (AvgIpc) is 3.05. The molecular formula is C22H22F3N3O4. The minimum absolute atomic E-state index is 0.0426. The number of carboxylic acid groups (broad SMARTS) is 1. The first kappa shape index (κ1) is 23.3. The minimum atomic E-state index is -4.66. The largest absolute Gasteiger partial charge is 0.480 e. The van der Waals surface area contributed by atoms with Crippen molar-refractivity contribution in [3.05, 3.63) is 65.7 Å². The molecule has 32 heavy (non-hydrogen) atoms. The third kappa shape index (κ3) is 5.25. The van der Waals surface area contributed by atoms with Gasteiger partial charge in [0.2, 0.25) is 11.8 Å². The van der Waals surface area contributed by atoms with Gasteiger partial charge in [0.1, 0.15) is 6.04 Å². The zero-order chi connectivity index (χ0) is 23.5. The molecule has 170 valence electrons. The first-order valence-corrected chi connectivity index (χ1v) is 9.84. The number of benzene rings is 2. The van der Waals surface area contributed by atoms with Gasteiger partial charge in [-0.1, -0.05) is 42.5 Å². The summed E-state index contributed by atoms with van der Waals surface area (Å²) in [6.07, 6.45) is -4.62. The molecule has 0 spiro atoms. The van der Waals surface area contributed by atoms with Gasteiger partial charge in [0, 0.05) is 6.92 Å². The van der Waals surface area contributed by atoms with Crippen LogP contribution in [0.25, 0.3) is 0 Å². The minimum Gasteiger partial charge on any atom is -0.480 e. The van der Waals surface area contributed by atoms with Gasteiger partial charge < -0.3 is 15.7 Å². The number of alkyl halides is 3. The van der Waals surface area contributed by atoms with Gasteiger partial charge >= 0.3 is 12.1 Å². The summed E-state index contributed by atoms with van der Waals surface area (Å²) in [6, 6.07) is 10.9. The highest BCUT2D eigenvalue weighted by Gasteiger charge is 2.46. The van der Waals surface area contributed by atoms with E-state index in [0.717, 1.165) is 12.1 Å². The Morgan fingerprint density at radius 3 is 2.28 bits per heavy atom. The SMILES string of the molecule is CC(=O)N[C@H]1C[C@@H](C(=O)O)N(CC(=O)Nc2ccccc2C(F)(F)F)[C@H]1c1ccccc1. The number of rotatable bonds is 6. The highest BCUT2D eigenvalue weighted by atomic mass is 19.4. The number of hydrogen-bond acceptors (Lipinski definition) is 4. The van der Waals surface area contributed by atoms with E-state index < -0.39 is 54.0 Å². The van der Waals surface area contributed by atoms with Crippen LogP contribution in [0.3, 0.4) is 0 Å². The number of amides is 2. The first-order chi connectivity index (χ1) is 15.1. The number of likely N-dealkylation sites (tertiary alicyclic amines) is 1. The van der Waals surface area contributed by atoms with Crippen LogP contribution in [0.1, 0.15) is 30.5 Å². The van der Waals surface area contributed by atoms with Crippen molar-refractivity contribution >= 4 is 23.5 Å². The van der Waals surface area contributed by atoms with Gasteiger partial charge in [-0.05, 0) is 24.1 Å². The predicted molar refractivity (Wildman–Crippen MR) is 110 cm³/mol. The molecule has 0 radical (unpaired) electrons. The van der Waals surface area contributed by atoms with Gasteiger partial charge in [-0.2, -0.15) is 13.2 Å². The van der Waals surface area contributed by atoms with Crippen molar-refractivity contribution in [3.8, 4) is 0 Å². The fourth-order valence-corrected chi connectivity index (χ4v) is 4.05. The lowest BCUT2D eigenvalue weighted by Crippen LogP contribution is -2.44. The Bertz CT molecular complexity index is 997. The summed E-state index contributed by atoms with van der Waals surface area (Å²) in [4.78, 5) is 37.7. The van der Waals surface area contributed by atoms with Crippen LogP contribution in [0.15, 0.2) is 54.6 Å². The van der Waals surface area contributed by atoms with Crippen LogP contribution >= 0.6 is 0 Å². The second kappa shape index (κ2) is 9.39. The van der Waals surface area contributed by atoms with Gasteiger partial charge in [-0.25, -0.2) is 0 Å². The van der Waals surface area contributed by atoms with E-state index in [1.807, 2.05) is 0 Å². The van der Waals surface area contributed by atoms with Gasteiger partial charge in [-0.3, -0.25) is 19.3 Å². The van der Waals surface area contributed by atoms with Crippen molar-refractivity contribution in [2.45, 2.75) is 37.6 Å². The Hall–Kier alpha value is -3.40. The van der Waals surface area contributed by atoms with Crippen molar-refractivity contribution in [2.75, 3.05) is 11.9 Å². The zero-order valence-electron chi connectivity index (χ0n) is 17.1. The molecule has 0 bridgehead atoms. The monoisotopic (exact) mass is 449 g/mol. The molecule has 0 aliphatic carbocycles. The number of carboxylic acids is 1. The molecule has 1 heterocycles. The topological polar surface area (TPSA) is 98.7 Å². The number of carbonyl (C=O) groups excluding carboxylic acids is 2. The number of para-hydroxylation sites is 1. The van der Waals surface area contributed by atoms with Crippen LogP contribution in [0.5, 0.6) is 0 Å². The van der Waals surface area contributed by atoms with E-state index in [1.54, 1.807) is 30.3 Å². The van der Waals surface area contributed by atoms with E-state index in [4.69, 9.17) is 0 Å². The highest BCUT2D eigenvalue weighted by molar-refractivity contribution is 5.93. The molecule has 2 aromatic carbocycles. The van der Waals surface area contributed by atoms with Crippen LogP contribution in [0.2, 0.25) is 0 Å². The van der Waals surface area contributed by atoms with Gasteiger partial charge in [0.15, 0.2) is 0 Å². The predicted octanol–water partition coefficient (Wildman–Crippen LogP) is 3.05. The summed E-state index contributed by atoms with van der Waals surface area (Å²) >= 11 is 0. The molecule has 2 aromatic rings. The van der Waals surface area contributed by atoms with Gasteiger partial charge in [0.05, 0.1) is 29.9 Å². The van der Waals surface area contributed by atoms with Gasteiger partial charge in [-0.15, -0.1) is 0 Å². The molecule has 1 saturated heterocycles. The molecule has 3 atom stereocenters. The third-order valence-electron chi connectivity index (χ3n) is 5.26. The number of hydrogen-bond donors (Lipinski definition) is 3. The number of aliphatic carboxylic acids is 1. The molecule has 10 heteroatoms. The maximum Gasteiger partial charge on any atom is 0.418 e. The van der Waals surface area contributed by atoms with Crippen LogP contribution in [0.4, 0.5) is 18.9 Å². The smallest absolute Gasteiger partial charge is 0.418 e. The van der Waals surface area contributed by atoms with Crippen molar-refractivity contribution < 1.29 is 32.7 Å².